The fourth-order valence-electron chi connectivity index (χ4n) is 6.82. The monoisotopic (exact) mass is 511 g/mol. The summed E-state index contributed by atoms with van der Waals surface area (Å²) in [6, 6.07) is 5.54. The summed E-state index contributed by atoms with van der Waals surface area (Å²) in [5.41, 5.74) is 0. The van der Waals surface area contributed by atoms with E-state index >= 15 is 0 Å². The molecule has 0 aromatic carbocycles. The van der Waals surface area contributed by atoms with Gasteiger partial charge in [0.1, 0.15) is 11.6 Å². The lowest BCUT2D eigenvalue weighted by molar-refractivity contribution is -0.125. The van der Waals surface area contributed by atoms with Gasteiger partial charge in [0.05, 0.1) is 10.9 Å². The number of Topliss-reactive ketones (excluding diaryl/α,β-unsaturated/α-hetero) is 1. The van der Waals surface area contributed by atoms with Gasteiger partial charge in [-0.05, 0) is 70.9 Å². The highest BCUT2D eigenvalue weighted by Gasteiger charge is 2.42. The molecule has 1 N–H and O–H groups in total. The summed E-state index contributed by atoms with van der Waals surface area (Å²) in [4.78, 5) is 29.6. The Morgan fingerprint density at radius 2 is 1.75 bits per heavy atom. The molecule has 2 aromatic heterocycles. The summed E-state index contributed by atoms with van der Waals surface area (Å²) in [6.45, 7) is 9.08. The van der Waals surface area contributed by atoms with Crippen molar-refractivity contribution in [3.05, 3.63) is 33.5 Å². The van der Waals surface area contributed by atoms with E-state index in [1.807, 2.05) is 12.1 Å². The summed E-state index contributed by atoms with van der Waals surface area (Å²) in [5, 5.41) is 12.3. The molecular weight excluding hydrogens is 470 g/mol. The average Bonchev–Trinajstić information content (AvgIpc) is 3.63. The van der Waals surface area contributed by atoms with Crippen molar-refractivity contribution in [2.24, 2.45) is 5.92 Å². The molecule has 2 aromatic rings. The van der Waals surface area contributed by atoms with Gasteiger partial charge in [-0.15, -0.1) is 21.5 Å². The van der Waals surface area contributed by atoms with Gasteiger partial charge in [0, 0.05) is 41.4 Å². The van der Waals surface area contributed by atoms with E-state index in [-0.39, 0.29) is 23.7 Å². The Kier molecular flexibility index (Phi) is 7.63. The second-order valence-electron chi connectivity index (χ2n) is 11.5. The predicted molar refractivity (Wildman–Crippen MR) is 142 cm³/mol. The summed E-state index contributed by atoms with van der Waals surface area (Å²) in [5.74, 6) is 2.95. The summed E-state index contributed by atoms with van der Waals surface area (Å²) in [6.07, 6.45) is 9.95. The molecule has 3 atom stereocenters. The van der Waals surface area contributed by atoms with Crippen LogP contribution in [-0.4, -0.2) is 50.0 Å². The van der Waals surface area contributed by atoms with Gasteiger partial charge in [0.2, 0.25) is 5.91 Å². The van der Waals surface area contributed by atoms with E-state index in [9.17, 15) is 9.59 Å². The van der Waals surface area contributed by atoms with Crippen molar-refractivity contribution in [1.29, 1.82) is 0 Å². The molecule has 7 nitrogen and oxygen atoms in total. The van der Waals surface area contributed by atoms with Crippen LogP contribution in [0.1, 0.15) is 123 Å². The Labute approximate surface area is 219 Å². The number of aryl methyl sites for hydroxylation is 1. The van der Waals surface area contributed by atoms with Gasteiger partial charge in [-0.3, -0.25) is 14.5 Å². The summed E-state index contributed by atoms with van der Waals surface area (Å²) < 4.78 is 2.41. The molecule has 0 spiro atoms. The lowest BCUT2D eigenvalue weighted by Gasteiger charge is -2.40. The third-order valence-electron chi connectivity index (χ3n) is 8.67. The second kappa shape index (κ2) is 10.7. The van der Waals surface area contributed by atoms with Gasteiger partial charge in [-0.2, -0.15) is 0 Å². The minimum Gasteiger partial charge on any atom is -0.348 e. The fraction of sp³-hybridized carbons (Fsp3) is 0.714. The number of hydrogen-bond donors (Lipinski definition) is 1. The van der Waals surface area contributed by atoms with Crippen molar-refractivity contribution >= 4 is 23.0 Å². The minimum absolute atomic E-state index is 0.0269. The molecule has 36 heavy (non-hydrogen) atoms. The number of ketones is 1. The zero-order valence-electron chi connectivity index (χ0n) is 22.2. The van der Waals surface area contributed by atoms with Crippen LogP contribution < -0.4 is 5.32 Å². The number of piperidine rings is 1. The molecule has 1 aliphatic carbocycles. The number of carbonyl (C=O) groups is 2. The van der Waals surface area contributed by atoms with Crippen LogP contribution in [0.2, 0.25) is 0 Å². The molecule has 5 rings (SSSR count). The van der Waals surface area contributed by atoms with Crippen LogP contribution >= 0.6 is 11.3 Å². The smallest absolute Gasteiger partial charge is 0.223 e. The van der Waals surface area contributed by atoms with E-state index in [2.05, 4.69) is 45.8 Å². The molecule has 2 aliphatic heterocycles. The van der Waals surface area contributed by atoms with Gasteiger partial charge < -0.3 is 9.88 Å². The lowest BCUT2D eigenvalue weighted by atomic mass is 9.95. The Bertz CT molecular complexity index is 1070. The lowest BCUT2D eigenvalue weighted by Crippen LogP contribution is -2.45. The van der Waals surface area contributed by atoms with Crippen molar-refractivity contribution < 1.29 is 9.59 Å². The van der Waals surface area contributed by atoms with Crippen LogP contribution in [0.4, 0.5) is 0 Å². The van der Waals surface area contributed by atoms with Crippen LogP contribution in [0.15, 0.2) is 12.1 Å². The van der Waals surface area contributed by atoms with Crippen molar-refractivity contribution in [2.45, 2.75) is 116 Å². The van der Waals surface area contributed by atoms with Gasteiger partial charge >= 0.3 is 0 Å². The zero-order valence-corrected chi connectivity index (χ0v) is 23.0. The molecule has 1 amide bonds. The highest BCUT2D eigenvalue weighted by Crippen LogP contribution is 2.42. The highest BCUT2D eigenvalue weighted by atomic mass is 32.1. The Balaban J connectivity index is 1.28. The molecule has 3 aliphatic rings. The maximum Gasteiger partial charge on any atom is 0.223 e. The molecular formula is C28H41N5O2S. The SMILES string of the molecule is CC(=O)c1ccc([C@H](CCN2C3CCC2CC(n2c(C)nnc2C(C)C)C3)NC(=O)C2CCCC2)s1. The van der Waals surface area contributed by atoms with E-state index in [0.29, 0.717) is 24.0 Å². The number of thiophene rings is 1. The fourth-order valence-corrected chi connectivity index (χ4v) is 7.81. The van der Waals surface area contributed by atoms with Crippen molar-refractivity contribution in [2.75, 3.05) is 6.54 Å². The van der Waals surface area contributed by atoms with Gasteiger partial charge in [-0.1, -0.05) is 26.7 Å². The second-order valence-corrected chi connectivity index (χ2v) is 12.6. The van der Waals surface area contributed by atoms with E-state index in [0.717, 1.165) is 72.9 Å². The van der Waals surface area contributed by atoms with Crippen LogP contribution in [-0.2, 0) is 4.79 Å². The largest absolute Gasteiger partial charge is 0.348 e. The van der Waals surface area contributed by atoms with E-state index in [4.69, 9.17) is 0 Å². The molecule has 0 radical (unpaired) electrons. The maximum atomic E-state index is 13.1. The first-order valence-corrected chi connectivity index (χ1v) is 14.7. The molecule has 2 unspecified atom stereocenters. The number of amides is 1. The Hall–Kier alpha value is -2.06. The molecule has 1 saturated carbocycles. The first-order chi connectivity index (χ1) is 17.3. The third kappa shape index (κ3) is 5.17. The highest BCUT2D eigenvalue weighted by molar-refractivity contribution is 7.14. The van der Waals surface area contributed by atoms with E-state index < -0.39 is 0 Å². The molecule has 8 heteroatoms. The van der Waals surface area contributed by atoms with Crippen molar-refractivity contribution in [1.82, 2.24) is 25.0 Å². The average molecular weight is 512 g/mol. The standard InChI is InChI=1S/C28H41N5O2S/c1-17(2)27-31-30-19(4)33(27)23-15-21-9-10-22(16-23)32(21)14-13-24(26-12-11-25(36-26)18(3)34)29-28(35)20-7-5-6-8-20/h11-12,17,20-24H,5-10,13-16H2,1-4H3,(H,29,35)/t21?,22?,23?,24-/m0/s1. The van der Waals surface area contributed by atoms with Gasteiger partial charge in [0.25, 0.3) is 0 Å². The molecule has 196 valence electrons. The van der Waals surface area contributed by atoms with Gasteiger partial charge in [-0.25, -0.2) is 0 Å². The normalized spacial score (nSPS) is 25.5. The number of nitrogens with one attached hydrogen (secondary N) is 1. The number of hydrogen-bond acceptors (Lipinski definition) is 6. The zero-order chi connectivity index (χ0) is 25.4. The first-order valence-electron chi connectivity index (χ1n) is 13.9. The predicted octanol–water partition coefficient (Wildman–Crippen LogP) is 5.58. The minimum atomic E-state index is -0.0269. The van der Waals surface area contributed by atoms with Crippen LogP contribution in [0.25, 0.3) is 0 Å². The maximum absolute atomic E-state index is 13.1. The number of carbonyl (C=O) groups excluding carboxylic acids is 2. The number of fused-ring (bicyclic) bond motifs is 2. The van der Waals surface area contributed by atoms with E-state index in [1.54, 1.807) is 18.3 Å². The first kappa shape index (κ1) is 25.6. The summed E-state index contributed by atoms with van der Waals surface area (Å²) >= 11 is 1.54. The Morgan fingerprint density at radius 3 is 2.36 bits per heavy atom. The Morgan fingerprint density at radius 1 is 1.06 bits per heavy atom. The summed E-state index contributed by atoms with van der Waals surface area (Å²) in [7, 11) is 0. The molecule has 2 bridgehead atoms. The number of rotatable bonds is 9. The number of aromatic nitrogens is 3. The van der Waals surface area contributed by atoms with Crippen molar-refractivity contribution in [3.8, 4) is 0 Å². The third-order valence-corrected chi connectivity index (χ3v) is 9.97. The van der Waals surface area contributed by atoms with Crippen LogP contribution in [0, 0.1) is 12.8 Å². The quantitative estimate of drug-likeness (QED) is 0.445. The van der Waals surface area contributed by atoms with E-state index in [1.165, 1.54) is 12.8 Å². The van der Waals surface area contributed by atoms with Crippen molar-refractivity contribution in [3.63, 3.8) is 0 Å². The van der Waals surface area contributed by atoms with Crippen LogP contribution in [0.3, 0.4) is 0 Å². The van der Waals surface area contributed by atoms with Crippen LogP contribution in [0.5, 0.6) is 0 Å². The topological polar surface area (TPSA) is 80.1 Å². The number of nitrogens with zero attached hydrogens (tertiary/aromatic N) is 4. The molecule has 3 fully saturated rings. The molecule has 2 saturated heterocycles. The van der Waals surface area contributed by atoms with Gasteiger partial charge in [0.15, 0.2) is 5.78 Å². The molecule has 4 heterocycles.